The number of piperidine rings is 1. The van der Waals surface area contributed by atoms with Crippen LogP contribution in [0.3, 0.4) is 0 Å². The van der Waals surface area contributed by atoms with Crippen molar-refractivity contribution in [1.82, 2.24) is 4.90 Å². The highest BCUT2D eigenvalue weighted by Crippen LogP contribution is 2.25. The van der Waals surface area contributed by atoms with Crippen LogP contribution in [0.4, 0.5) is 0 Å². The van der Waals surface area contributed by atoms with E-state index in [2.05, 4.69) is 17.0 Å². The molecule has 0 radical (unpaired) electrons. The highest BCUT2D eigenvalue weighted by molar-refractivity contribution is 5.81. The van der Waals surface area contributed by atoms with Crippen molar-refractivity contribution in [3.05, 3.63) is 71.8 Å². The lowest BCUT2D eigenvalue weighted by molar-refractivity contribution is -0.124. The Morgan fingerprint density at radius 1 is 1.04 bits per heavy atom. The molecule has 24 heavy (non-hydrogen) atoms. The van der Waals surface area contributed by atoms with Gasteiger partial charge >= 0.3 is 0 Å². The Kier molecular flexibility index (Phi) is 5.62. The highest BCUT2D eigenvalue weighted by atomic mass is 16.5. The van der Waals surface area contributed by atoms with Gasteiger partial charge in [0.2, 0.25) is 5.91 Å². The number of benzene rings is 2. The number of nitrogens with zero attached hydrogens (tertiary/aromatic N) is 1. The van der Waals surface area contributed by atoms with E-state index in [4.69, 9.17) is 10.5 Å². The third-order valence-electron chi connectivity index (χ3n) is 4.56. The fourth-order valence-electron chi connectivity index (χ4n) is 3.28. The molecule has 4 heteroatoms. The standard InChI is InChI=1S/C20H24N2O2/c21-20(23)19(17-9-5-2-6-10-17)22-13-11-18(12-14-22)24-15-16-7-3-1-4-8-16/h1-10,18-19H,11-15H2,(H2,21,23). The second-order valence-corrected chi connectivity index (χ2v) is 6.25. The van der Waals surface area contributed by atoms with E-state index in [1.54, 1.807) is 0 Å². The van der Waals surface area contributed by atoms with Gasteiger partial charge in [0.25, 0.3) is 0 Å². The van der Waals surface area contributed by atoms with Crippen LogP contribution in [0.1, 0.15) is 30.0 Å². The first-order valence-electron chi connectivity index (χ1n) is 8.48. The summed E-state index contributed by atoms with van der Waals surface area (Å²) in [6, 6.07) is 19.6. The number of ether oxygens (including phenoxy) is 1. The smallest absolute Gasteiger partial charge is 0.239 e. The van der Waals surface area contributed by atoms with Gasteiger partial charge in [0.05, 0.1) is 12.7 Å². The molecule has 1 heterocycles. The molecule has 0 spiro atoms. The van der Waals surface area contributed by atoms with E-state index in [9.17, 15) is 4.79 Å². The highest BCUT2D eigenvalue weighted by Gasteiger charge is 2.29. The van der Waals surface area contributed by atoms with Crippen LogP contribution in [0.15, 0.2) is 60.7 Å². The third-order valence-corrected chi connectivity index (χ3v) is 4.56. The molecular formula is C20H24N2O2. The molecule has 1 fully saturated rings. The lowest BCUT2D eigenvalue weighted by Crippen LogP contribution is -2.44. The molecule has 2 aromatic carbocycles. The molecule has 1 aliphatic heterocycles. The molecule has 0 aromatic heterocycles. The Morgan fingerprint density at radius 2 is 1.62 bits per heavy atom. The summed E-state index contributed by atoms with van der Waals surface area (Å²) in [7, 11) is 0. The molecule has 126 valence electrons. The zero-order valence-electron chi connectivity index (χ0n) is 13.8. The van der Waals surface area contributed by atoms with Crippen LogP contribution in [0, 0.1) is 0 Å². The van der Waals surface area contributed by atoms with Gasteiger partial charge in [-0.1, -0.05) is 60.7 Å². The monoisotopic (exact) mass is 324 g/mol. The summed E-state index contributed by atoms with van der Waals surface area (Å²) >= 11 is 0. The fourth-order valence-corrected chi connectivity index (χ4v) is 3.28. The molecule has 4 nitrogen and oxygen atoms in total. The minimum Gasteiger partial charge on any atom is -0.373 e. The molecule has 1 unspecified atom stereocenters. The number of hydrogen-bond donors (Lipinski definition) is 1. The second-order valence-electron chi connectivity index (χ2n) is 6.25. The maximum absolute atomic E-state index is 11.9. The number of amides is 1. The largest absolute Gasteiger partial charge is 0.373 e. The van der Waals surface area contributed by atoms with Gasteiger partial charge in [-0.15, -0.1) is 0 Å². The lowest BCUT2D eigenvalue weighted by atomic mass is 10.00. The first-order chi connectivity index (χ1) is 11.7. The minimum atomic E-state index is -0.346. The molecule has 2 N–H and O–H groups in total. The first-order valence-corrected chi connectivity index (χ1v) is 8.48. The van der Waals surface area contributed by atoms with Crippen LogP contribution in [0.2, 0.25) is 0 Å². The van der Waals surface area contributed by atoms with Gasteiger partial charge in [0.15, 0.2) is 0 Å². The molecule has 3 rings (SSSR count). The van der Waals surface area contributed by atoms with E-state index >= 15 is 0 Å². The van der Waals surface area contributed by atoms with Gasteiger partial charge in [-0.05, 0) is 24.0 Å². The van der Waals surface area contributed by atoms with Gasteiger partial charge in [-0.3, -0.25) is 9.69 Å². The average Bonchev–Trinajstić information content (AvgIpc) is 2.63. The van der Waals surface area contributed by atoms with Crippen molar-refractivity contribution in [3.63, 3.8) is 0 Å². The predicted molar refractivity (Wildman–Crippen MR) is 94.2 cm³/mol. The SMILES string of the molecule is NC(=O)C(c1ccccc1)N1CCC(OCc2ccccc2)CC1. The van der Waals surface area contributed by atoms with Crippen LogP contribution >= 0.6 is 0 Å². The van der Waals surface area contributed by atoms with E-state index in [1.165, 1.54) is 5.56 Å². The Bertz CT molecular complexity index is 637. The zero-order valence-corrected chi connectivity index (χ0v) is 13.8. The van der Waals surface area contributed by atoms with E-state index in [0.717, 1.165) is 31.5 Å². The summed E-state index contributed by atoms with van der Waals surface area (Å²) in [5, 5.41) is 0. The molecule has 1 saturated heterocycles. The summed E-state index contributed by atoms with van der Waals surface area (Å²) in [4.78, 5) is 14.1. The molecule has 0 bridgehead atoms. The Morgan fingerprint density at radius 3 is 2.21 bits per heavy atom. The Hall–Kier alpha value is -2.17. The van der Waals surface area contributed by atoms with Crippen molar-refractivity contribution in [3.8, 4) is 0 Å². The number of carbonyl (C=O) groups is 1. The van der Waals surface area contributed by atoms with E-state index in [1.807, 2.05) is 48.5 Å². The summed E-state index contributed by atoms with van der Waals surface area (Å²) in [5.41, 5.74) is 7.82. The number of primary amides is 1. The first kappa shape index (κ1) is 16.7. The molecule has 2 aromatic rings. The molecule has 1 amide bonds. The van der Waals surface area contributed by atoms with Crippen LogP contribution in [0.5, 0.6) is 0 Å². The zero-order chi connectivity index (χ0) is 16.8. The summed E-state index contributed by atoms with van der Waals surface area (Å²) in [5.74, 6) is -0.287. The van der Waals surface area contributed by atoms with Gasteiger partial charge in [-0.25, -0.2) is 0 Å². The number of hydrogen-bond acceptors (Lipinski definition) is 3. The van der Waals surface area contributed by atoms with Crippen LogP contribution in [-0.4, -0.2) is 30.0 Å². The van der Waals surface area contributed by atoms with Crippen LogP contribution in [0.25, 0.3) is 0 Å². The normalized spacial score (nSPS) is 17.5. The molecule has 0 aliphatic carbocycles. The summed E-state index contributed by atoms with van der Waals surface area (Å²) in [6.45, 7) is 2.29. The number of nitrogens with two attached hydrogens (primary N) is 1. The van der Waals surface area contributed by atoms with Crippen molar-refractivity contribution in [2.75, 3.05) is 13.1 Å². The van der Waals surface area contributed by atoms with E-state index < -0.39 is 0 Å². The minimum absolute atomic E-state index is 0.241. The maximum Gasteiger partial charge on any atom is 0.239 e. The molecular weight excluding hydrogens is 300 g/mol. The molecule has 0 saturated carbocycles. The lowest BCUT2D eigenvalue weighted by Gasteiger charge is -2.36. The van der Waals surface area contributed by atoms with Gasteiger partial charge in [0.1, 0.15) is 6.04 Å². The van der Waals surface area contributed by atoms with Crippen molar-refractivity contribution in [2.45, 2.75) is 31.6 Å². The van der Waals surface area contributed by atoms with Gasteiger partial charge in [0, 0.05) is 13.1 Å². The second kappa shape index (κ2) is 8.08. The van der Waals surface area contributed by atoms with Crippen LogP contribution < -0.4 is 5.73 Å². The van der Waals surface area contributed by atoms with E-state index in [0.29, 0.717) is 6.61 Å². The quantitative estimate of drug-likeness (QED) is 0.889. The molecule has 1 atom stereocenters. The van der Waals surface area contributed by atoms with Crippen molar-refractivity contribution < 1.29 is 9.53 Å². The maximum atomic E-state index is 11.9. The van der Waals surface area contributed by atoms with Crippen molar-refractivity contribution in [2.24, 2.45) is 5.73 Å². The summed E-state index contributed by atoms with van der Waals surface area (Å²) in [6.07, 6.45) is 2.08. The van der Waals surface area contributed by atoms with Crippen molar-refractivity contribution >= 4 is 5.91 Å². The van der Waals surface area contributed by atoms with E-state index in [-0.39, 0.29) is 18.1 Å². The topological polar surface area (TPSA) is 55.6 Å². The number of likely N-dealkylation sites (tertiary alicyclic amines) is 1. The predicted octanol–water partition coefficient (Wildman–Crippen LogP) is 2.89. The molecule has 1 aliphatic rings. The van der Waals surface area contributed by atoms with Gasteiger partial charge < -0.3 is 10.5 Å². The van der Waals surface area contributed by atoms with Crippen LogP contribution in [-0.2, 0) is 16.1 Å². The Labute approximate surface area is 143 Å². The summed E-state index contributed by atoms with van der Waals surface area (Å²) < 4.78 is 6.02. The number of carbonyl (C=O) groups excluding carboxylic acids is 1. The fraction of sp³-hybridized carbons (Fsp3) is 0.350. The van der Waals surface area contributed by atoms with Crippen molar-refractivity contribution in [1.29, 1.82) is 0 Å². The number of rotatable bonds is 6. The average molecular weight is 324 g/mol. The van der Waals surface area contributed by atoms with Gasteiger partial charge in [-0.2, -0.15) is 0 Å². The Balaban J connectivity index is 1.54. The third kappa shape index (κ3) is 4.22.